The molecule has 0 spiro atoms. The predicted molar refractivity (Wildman–Crippen MR) is 93.2 cm³/mol. The van der Waals surface area contributed by atoms with Crippen LogP contribution in [-0.2, 0) is 9.59 Å². The van der Waals surface area contributed by atoms with E-state index in [0.29, 0.717) is 19.0 Å². The first-order chi connectivity index (χ1) is 11.2. The van der Waals surface area contributed by atoms with Gasteiger partial charge in [0, 0.05) is 18.8 Å². The third-order valence-electron chi connectivity index (χ3n) is 4.17. The minimum absolute atomic E-state index is 0.442. The quantitative estimate of drug-likeness (QED) is 0.647. The van der Waals surface area contributed by atoms with Crippen molar-refractivity contribution < 1.29 is 9.59 Å². The topological polar surface area (TPSA) is 49.4 Å². The second kappa shape index (κ2) is 9.13. The maximum atomic E-state index is 12.5. The molecule has 1 aliphatic rings. The number of unbranched alkanes of at least 4 members (excludes halogenated alkanes) is 1. The predicted octanol–water partition coefficient (Wildman–Crippen LogP) is 3.29. The van der Waals surface area contributed by atoms with Gasteiger partial charge in [0.15, 0.2) is 0 Å². The van der Waals surface area contributed by atoms with Crippen molar-refractivity contribution in [3.8, 4) is 0 Å². The summed E-state index contributed by atoms with van der Waals surface area (Å²) < 4.78 is 0. The summed E-state index contributed by atoms with van der Waals surface area (Å²) in [7, 11) is 0. The highest BCUT2D eigenvalue weighted by molar-refractivity contribution is 6.40. The number of carbonyl (C=O) groups is 2. The van der Waals surface area contributed by atoms with Crippen molar-refractivity contribution in [2.45, 2.75) is 39.0 Å². The molecule has 0 aliphatic heterocycles. The molecule has 0 saturated carbocycles. The number of rotatable bonds is 6. The summed E-state index contributed by atoms with van der Waals surface area (Å²) in [6.07, 6.45) is 9.29. The molecule has 0 radical (unpaired) electrons. The maximum Gasteiger partial charge on any atom is 0.316 e. The molecular formula is C19H26N2O2. The highest BCUT2D eigenvalue weighted by atomic mass is 16.2. The van der Waals surface area contributed by atoms with Gasteiger partial charge in [-0.05, 0) is 43.7 Å². The van der Waals surface area contributed by atoms with Gasteiger partial charge in [0.2, 0.25) is 0 Å². The summed E-state index contributed by atoms with van der Waals surface area (Å²) in [5.74, 6) is -0.520. The zero-order valence-electron chi connectivity index (χ0n) is 13.8. The van der Waals surface area contributed by atoms with Crippen LogP contribution >= 0.6 is 0 Å². The number of hydrogen-bond donors (Lipinski definition) is 1. The molecule has 0 aromatic heterocycles. The highest BCUT2D eigenvalue weighted by Gasteiger charge is 2.23. The summed E-state index contributed by atoms with van der Waals surface area (Å²) in [6, 6.07) is 9.41. The van der Waals surface area contributed by atoms with Crippen LogP contribution in [0, 0.1) is 5.92 Å². The van der Waals surface area contributed by atoms with Gasteiger partial charge in [-0.1, -0.05) is 43.7 Å². The van der Waals surface area contributed by atoms with Crippen LogP contribution in [0.15, 0.2) is 42.5 Å². The van der Waals surface area contributed by atoms with E-state index in [1.54, 1.807) is 4.90 Å². The Hall–Kier alpha value is -2.10. The molecule has 1 N–H and O–H groups in total. The number of amides is 2. The lowest BCUT2D eigenvalue weighted by Gasteiger charge is -2.23. The van der Waals surface area contributed by atoms with E-state index in [0.717, 1.165) is 37.8 Å². The molecule has 2 amide bonds. The highest BCUT2D eigenvalue weighted by Crippen LogP contribution is 2.17. The van der Waals surface area contributed by atoms with Gasteiger partial charge >= 0.3 is 11.8 Å². The van der Waals surface area contributed by atoms with Gasteiger partial charge in [0.05, 0.1) is 0 Å². The first kappa shape index (κ1) is 17.3. The fourth-order valence-corrected chi connectivity index (χ4v) is 2.75. The van der Waals surface area contributed by atoms with Crippen molar-refractivity contribution in [1.29, 1.82) is 0 Å². The van der Waals surface area contributed by atoms with Crippen LogP contribution in [0.2, 0.25) is 0 Å². The number of carbonyl (C=O) groups excluding carboxylic acids is 2. The molecule has 1 aromatic carbocycles. The summed E-state index contributed by atoms with van der Waals surface area (Å²) in [5.41, 5.74) is 0.779. The fraction of sp³-hybridized carbons (Fsp3) is 0.474. The van der Waals surface area contributed by atoms with Gasteiger partial charge in [-0.2, -0.15) is 0 Å². The average Bonchev–Trinajstić information content (AvgIpc) is 2.61. The smallest absolute Gasteiger partial charge is 0.316 e. The van der Waals surface area contributed by atoms with Crippen molar-refractivity contribution in [3.05, 3.63) is 42.5 Å². The maximum absolute atomic E-state index is 12.5. The second-order valence-corrected chi connectivity index (χ2v) is 6.01. The normalized spacial score (nSPS) is 16.8. The van der Waals surface area contributed by atoms with Crippen LogP contribution in [0.1, 0.15) is 39.0 Å². The van der Waals surface area contributed by atoms with E-state index >= 15 is 0 Å². The standard InChI is InChI=1S/C19H26N2O2/c1-2-3-14-21(17-12-8-5-9-13-17)19(23)18(22)20-15-16-10-6-4-7-11-16/h4-6,8-9,12-13,16H,2-3,7,10-11,14-15H2,1H3,(H,20,22). The molecule has 0 fully saturated rings. The molecule has 2 rings (SSSR count). The summed E-state index contributed by atoms with van der Waals surface area (Å²) in [4.78, 5) is 26.3. The molecule has 1 unspecified atom stereocenters. The van der Waals surface area contributed by atoms with Gasteiger partial charge in [0.1, 0.15) is 0 Å². The number of benzene rings is 1. The van der Waals surface area contributed by atoms with E-state index in [1.807, 2.05) is 30.3 Å². The van der Waals surface area contributed by atoms with E-state index < -0.39 is 11.8 Å². The van der Waals surface area contributed by atoms with Crippen molar-refractivity contribution in [3.63, 3.8) is 0 Å². The minimum atomic E-state index is -0.500. The minimum Gasteiger partial charge on any atom is -0.348 e. The van der Waals surface area contributed by atoms with Crippen molar-refractivity contribution >= 4 is 17.5 Å². The molecule has 4 heteroatoms. The number of para-hydroxylation sites is 1. The SMILES string of the molecule is CCCCN(C(=O)C(=O)NCC1CC=CCC1)c1ccccc1. The third kappa shape index (κ3) is 5.23. The summed E-state index contributed by atoms with van der Waals surface area (Å²) in [6.45, 7) is 3.22. The number of allylic oxidation sites excluding steroid dienone is 2. The van der Waals surface area contributed by atoms with Gasteiger partial charge in [-0.25, -0.2) is 0 Å². The lowest BCUT2D eigenvalue weighted by atomic mass is 9.94. The van der Waals surface area contributed by atoms with Crippen LogP contribution in [0.5, 0.6) is 0 Å². The average molecular weight is 314 g/mol. The Morgan fingerprint density at radius 1 is 1.22 bits per heavy atom. The molecule has 23 heavy (non-hydrogen) atoms. The van der Waals surface area contributed by atoms with Crippen LogP contribution in [-0.4, -0.2) is 24.9 Å². The second-order valence-electron chi connectivity index (χ2n) is 6.01. The molecule has 1 aromatic rings. The van der Waals surface area contributed by atoms with E-state index in [9.17, 15) is 9.59 Å². The first-order valence-electron chi connectivity index (χ1n) is 8.52. The zero-order valence-corrected chi connectivity index (χ0v) is 13.8. The summed E-state index contributed by atoms with van der Waals surface area (Å²) >= 11 is 0. The van der Waals surface area contributed by atoms with Crippen molar-refractivity contribution in [2.75, 3.05) is 18.0 Å². The Kier molecular flexibility index (Phi) is 6.85. The molecule has 1 atom stereocenters. The summed E-state index contributed by atoms with van der Waals surface area (Å²) in [5, 5.41) is 2.81. The van der Waals surface area contributed by atoms with E-state index in [1.165, 1.54) is 0 Å². The van der Waals surface area contributed by atoms with Gasteiger partial charge in [-0.15, -0.1) is 0 Å². The van der Waals surface area contributed by atoms with Crippen LogP contribution in [0.3, 0.4) is 0 Å². The Labute approximate surface area is 138 Å². The third-order valence-corrected chi connectivity index (χ3v) is 4.17. The fourth-order valence-electron chi connectivity index (χ4n) is 2.75. The largest absolute Gasteiger partial charge is 0.348 e. The van der Waals surface area contributed by atoms with Gasteiger partial charge < -0.3 is 10.2 Å². The first-order valence-corrected chi connectivity index (χ1v) is 8.52. The molecule has 124 valence electrons. The van der Waals surface area contributed by atoms with E-state index in [2.05, 4.69) is 24.4 Å². The van der Waals surface area contributed by atoms with E-state index in [4.69, 9.17) is 0 Å². The lowest BCUT2D eigenvalue weighted by molar-refractivity contribution is -0.137. The monoisotopic (exact) mass is 314 g/mol. The molecule has 0 saturated heterocycles. The Morgan fingerprint density at radius 2 is 2.00 bits per heavy atom. The number of anilines is 1. The molecule has 0 heterocycles. The van der Waals surface area contributed by atoms with Gasteiger partial charge in [0.25, 0.3) is 0 Å². The molecular weight excluding hydrogens is 288 g/mol. The molecule has 0 bridgehead atoms. The number of nitrogens with zero attached hydrogens (tertiary/aromatic N) is 1. The Bertz CT molecular complexity index is 540. The van der Waals surface area contributed by atoms with Crippen LogP contribution in [0.4, 0.5) is 5.69 Å². The van der Waals surface area contributed by atoms with Crippen molar-refractivity contribution in [2.24, 2.45) is 5.92 Å². The van der Waals surface area contributed by atoms with Crippen molar-refractivity contribution in [1.82, 2.24) is 5.32 Å². The molecule has 1 aliphatic carbocycles. The van der Waals surface area contributed by atoms with Crippen LogP contribution in [0.25, 0.3) is 0 Å². The Morgan fingerprint density at radius 3 is 2.65 bits per heavy atom. The molecule has 4 nitrogen and oxygen atoms in total. The number of hydrogen-bond acceptors (Lipinski definition) is 2. The zero-order chi connectivity index (χ0) is 16.5. The Balaban J connectivity index is 1.95. The van der Waals surface area contributed by atoms with E-state index in [-0.39, 0.29) is 0 Å². The number of nitrogens with one attached hydrogen (secondary N) is 1. The van der Waals surface area contributed by atoms with Crippen LogP contribution < -0.4 is 10.2 Å². The van der Waals surface area contributed by atoms with Gasteiger partial charge in [-0.3, -0.25) is 9.59 Å². The lowest BCUT2D eigenvalue weighted by Crippen LogP contribution is -2.45.